The molecular formula is C13H22OP+. The fourth-order valence-corrected chi connectivity index (χ4v) is 6.87. The van der Waals surface area contributed by atoms with Crippen molar-refractivity contribution in [3.8, 4) is 0 Å². The van der Waals surface area contributed by atoms with Crippen molar-refractivity contribution < 1.29 is 4.79 Å². The fraction of sp³-hybridized carbons (Fsp3) is 0.923. The van der Waals surface area contributed by atoms with Crippen LogP contribution in [0.1, 0.15) is 32.1 Å². The molecule has 4 rings (SSSR count). The summed E-state index contributed by atoms with van der Waals surface area (Å²) in [5.41, 5.74) is 0. The molecule has 0 saturated heterocycles. The summed E-state index contributed by atoms with van der Waals surface area (Å²) in [5, 5.41) is 0.609. The van der Waals surface area contributed by atoms with Crippen molar-refractivity contribution in [2.45, 2.75) is 37.3 Å². The van der Waals surface area contributed by atoms with Crippen molar-refractivity contribution in [2.75, 3.05) is 20.0 Å². The Kier molecular flexibility index (Phi) is 1.96. The first-order valence-corrected chi connectivity index (χ1v) is 9.40. The van der Waals surface area contributed by atoms with Crippen LogP contribution < -0.4 is 0 Å². The van der Waals surface area contributed by atoms with Gasteiger partial charge in [0.25, 0.3) is 0 Å². The van der Waals surface area contributed by atoms with Crippen LogP contribution in [0.3, 0.4) is 0 Å². The second kappa shape index (κ2) is 2.86. The zero-order chi connectivity index (χ0) is 10.8. The van der Waals surface area contributed by atoms with Crippen LogP contribution in [0.5, 0.6) is 0 Å². The van der Waals surface area contributed by atoms with Crippen LogP contribution in [0.2, 0.25) is 0 Å². The van der Waals surface area contributed by atoms with Crippen LogP contribution in [-0.4, -0.2) is 30.9 Å². The Balaban J connectivity index is 1.99. The summed E-state index contributed by atoms with van der Waals surface area (Å²) in [5.74, 6) is 2.47. The maximum absolute atomic E-state index is 12.1. The summed E-state index contributed by atoms with van der Waals surface area (Å²) in [6.45, 7) is 7.47. The Bertz CT molecular complexity index is 297. The van der Waals surface area contributed by atoms with E-state index in [1.165, 1.54) is 32.1 Å². The third-order valence-electron chi connectivity index (χ3n) is 5.38. The fourth-order valence-electron chi connectivity index (χ4n) is 4.53. The molecule has 4 aliphatic carbocycles. The van der Waals surface area contributed by atoms with E-state index >= 15 is 0 Å². The molecule has 1 nitrogen and oxygen atoms in total. The minimum Gasteiger partial charge on any atom is -0.299 e. The monoisotopic (exact) mass is 225 g/mol. The predicted octanol–water partition coefficient (Wildman–Crippen LogP) is 3.04. The van der Waals surface area contributed by atoms with E-state index in [1.54, 1.807) is 0 Å². The van der Waals surface area contributed by atoms with Gasteiger partial charge in [0.15, 0.2) is 0 Å². The standard InChI is InChI=1S/C13H22OP/c1-15(2,3)13-6-9-4-10(7-13)12(14)11(5-9)8-13/h9-11H,4-8H2,1-3H3/q+1/t9?,10-,11+,13?. The highest BCUT2D eigenvalue weighted by Crippen LogP contribution is 2.73. The third-order valence-corrected chi connectivity index (χ3v) is 8.78. The van der Waals surface area contributed by atoms with Gasteiger partial charge in [-0.2, -0.15) is 0 Å². The van der Waals surface area contributed by atoms with Crippen LogP contribution in [0.4, 0.5) is 0 Å². The SMILES string of the molecule is C[P+](C)(C)C12CC3C[C@H](C1)C(=O)[C@@H](C3)C2. The van der Waals surface area contributed by atoms with E-state index in [9.17, 15) is 4.79 Å². The predicted molar refractivity (Wildman–Crippen MR) is 66.0 cm³/mol. The second-order valence-electron chi connectivity index (χ2n) is 6.98. The number of carbonyl (C=O) groups excluding carboxylic acids is 1. The number of rotatable bonds is 1. The zero-order valence-electron chi connectivity index (χ0n) is 10.1. The Hall–Kier alpha value is 0.100. The lowest BCUT2D eigenvalue weighted by Gasteiger charge is -2.57. The zero-order valence-corrected chi connectivity index (χ0v) is 11.0. The number of Topliss-reactive ketones (excluding diaryl/α,β-unsaturated/α-hetero) is 1. The highest BCUT2D eigenvalue weighted by Gasteiger charge is 2.62. The lowest BCUT2D eigenvalue weighted by molar-refractivity contribution is -0.138. The van der Waals surface area contributed by atoms with E-state index in [1.807, 2.05) is 0 Å². The van der Waals surface area contributed by atoms with E-state index in [4.69, 9.17) is 0 Å². The van der Waals surface area contributed by atoms with Gasteiger partial charge in [0.2, 0.25) is 0 Å². The lowest BCUT2D eigenvalue weighted by Crippen LogP contribution is -2.55. The molecule has 0 spiro atoms. The quantitative estimate of drug-likeness (QED) is 0.627. The molecule has 4 atom stereocenters. The van der Waals surface area contributed by atoms with Crippen molar-refractivity contribution in [1.29, 1.82) is 0 Å². The first kappa shape index (κ1) is 10.3. The third kappa shape index (κ3) is 1.28. The van der Waals surface area contributed by atoms with Crippen molar-refractivity contribution in [1.82, 2.24) is 0 Å². The van der Waals surface area contributed by atoms with E-state index in [0.29, 0.717) is 22.8 Å². The molecule has 0 heterocycles. The van der Waals surface area contributed by atoms with Gasteiger partial charge in [-0.25, -0.2) is 0 Å². The normalized spacial score (nSPS) is 48.7. The molecule has 2 heteroatoms. The Labute approximate surface area is 93.3 Å². The smallest absolute Gasteiger partial charge is 0.139 e. The van der Waals surface area contributed by atoms with Gasteiger partial charge in [0.05, 0.1) is 5.16 Å². The number of hydrogen-bond donors (Lipinski definition) is 0. The summed E-state index contributed by atoms with van der Waals surface area (Å²) < 4.78 is 0. The van der Waals surface area contributed by atoms with Gasteiger partial charge in [0, 0.05) is 39.1 Å². The van der Waals surface area contributed by atoms with Gasteiger partial charge in [-0.05, 0) is 38.0 Å². The molecule has 0 N–H and O–H groups in total. The Morgan fingerprint density at radius 3 is 2.07 bits per heavy atom. The summed E-state index contributed by atoms with van der Waals surface area (Å²) in [4.78, 5) is 12.1. The molecule has 4 saturated carbocycles. The van der Waals surface area contributed by atoms with Crippen molar-refractivity contribution >= 4 is 13.0 Å². The summed E-state index contributed by atoms with van der Waals surface area (Å²) in [6, 6.07) is 0. The maximum atomic E-state index is 12.1. The van der Waals surface area contributed by atoms with Crippen LogP contribution >= 0.6 is 7.26 Å². The molecule has 0 aromatic heterocycles. The molecule has 15 heavy (non-hydrogen) atoms. The molecule has 4 fully saturated rings. The van der Waals surface area contributed by atoms with E-state index in [0.717, 1.165) is 5.92 Å². The molecule has 0 aliphatic heterocycles. The number of hydrogen-bond acceptors (Lipinski definition) is 1. The van der Waals surface area contributed by atoms with Crippen molar-refractivity contribution in [2.24, 2.45) is 17.8 Å². The average molecular weight is 225 g/mol. The second-order valence-corrected chi connectivity index (χ2v) is 12.0. The molecule has 0 amide bonds. The molecule has 0 aromatic rings. The number of ketones is 1. The molecule has 84 valence electrons. The van der Waals surface area contributed by atoms with Gasteiger partial charge in [-0.3, -0.25) is 4.79 Å². The molecule has 0 aromatic carbocycles. The highest BCUT2D eigenvalue weighted by molar-refractivity contribution is 7.75. The minimum absolute atomic E-state index is 0.468. The molecule has 4 aliphatic rings. The van der Waals surface area contributed by atoms with Gasteiger partial charge in [-0.15, -0.1) is 0 Å². The topological polar surface area (TPSA) is 17.1 Å². The Morgan fingerprint density at radius 2 is 1.60 bits per heavy atom. The van der Waals surface area contributed by atoms with E-state index in [-0.39, 0.29) is 0 Å². The highest BCUT2D eigenvalue weighted by atomic mass is 31.2. The average Bonchev–Trinajstić information content (AvgIpc) is 2.10. The van der Waals surface area contributed by atoms with Crippen molar-refractivity contribution in [3.05, 3.63) is 0 Å². The van der Waals surface area contributed by atoms with E-state index < -0.39 is 7.26 Å². The van der Waals surface area contributed by atoms with Crippen LogP contribution in [-0.2, 0) is 4.79 Å². The van der Waals surface area contributed by atoms with Crippen LogP contribution in [0, 0.1) is 17.8 Å². The lowest BCUT2D eigenvalue weighted by atomic mass is 9.55. The number of carbonyl (C=O) groups is 1. The molecule has 4 bridgehead atoms. The summed E-state index contributed by atoms with van der Waals surface area (Å²) >= 11 is 0. The molecular weight excluding hydrogens is 203 g/mol. The van der Waals surface area contributed by atoms with Gasteiger partial charge in [-0.1, -0.05) is 0 Å². The summed E-state index contributed by atoms with van der Waals surface area (Å²) in [7, 11) is -0.794. The van der Waals surface area contributed by atoms with E-state index in [2.05, 4.69) is 20.0 Å². The largest absolute Gasteiger partial charge is 0.299 e. The van der Waals surface area contributed by atoms with Crippen LogP contribution in [0.25, 0.3) is 0 Å². The van der Waals surface area contributed by atoms with Gasteiger partial charge < -0.3 is 0 Å². The summed E-state index contributed by atoms with van der Waals surface area (Å²) in [6.07, 6.45) is 6.41. The minimum atomic E-state index is -0.794. The molecule has 2 unspecified atom stereocenters. The first-order valence-electron chi connectivity index (χ1n) is 6.27. The maximum Gasteiger partial charge on any atom is 0.139 e. The van der Waals surface area contributed by atoms with Crippen LogP contribution in [0.15, 0.2) is 0 Å². The van der Waals surface area contributed by atoms with Gasteiger partial charge in [0.1, 0.15) is 5.78 Å². The first-order chi connectivity index (χ1) is 6.91. The van der Waals surface area contributed by atoms with Gasteiger partial charge >= 0.3 is 0 Å². The van der Waals surface area contributed by atoms with Crippen molar-refractivity contribution in [3.63, 3.8) is 0 Å². The molecule has 0 radical (unpaired) electrons. The Morgan fingerprint density at radius 1 is 1.07 bits per heavy atom.